The number of hydrogen-bond acceptors (Lipinski definition) is 1. The topological polar surface area (TPSA) is 17.1 Å². The van der Waals surface area contributed by atoms with Crippen LogP contribution in [0.3, 0.4) is 0 Å². The van der Waals surface area contributed by atoms with Crippen LogP contribution < -0.4 is 0 Å². The zero-order chi connectivity index (χ0) is 10.0. The van der Waals surface area contributed by atoms with Gasteiger partial charge in [0.25, 0.3) is 0 Å². The molecule has 1 aromatic rings. The van der Waals surface area contributed by atoms with Gasteiger partial charge in [-0.2, -0.15) is 0 Å². The molecule has 0 fully saturated rings. The van der Waals surface area contributed by atoms with Crippen molar-refractivity contribution in [2.24, 2.45) is 0 Å². The van der Waals surface area contributed by atoms with E-state index < -0.39 is 0 Å². The van der Waals surface area contributed by atoms with Crippen LogP contribution in [0.1, 0.15) is 15.9 Å². The summed E-state index contributed by atoms with van der Waals surface area (Å²) in [5, 5.41) is 0.506. The zero-order valence-electron chi connectivity index (χ0n) is 6.90. The molecule has 4 heteroatoms. The van der Waals surface area contributed by atoms with Gasteiger partial charge in [0.15, 0.2) is 5.78 Å². The third kappa shape index (κ3) is 2.58. The molecule has 70 valence electrons. The highest BCUT2D eigenvalue weighted by molar-refractivity contribution is 14.1. The molecule has 1 rings (SSSR count). The number of ketones is 1. The van der Waals surface area contributed by atoms with Gasteiger partial charge >= 0.3 is 0 Å². The highest BCUT2D eigenvalue weighted by Gasteiger charge is 2.11. The summed E-state index contributed by atoms with van der Waals surface area (Å²) in [7, 11) is 0. The average molecular weight is 329 g/mol. The molecule has 0 aliphatic rings. The van der Waals surface area contributed by atoms with Gasteiger partial charge < -0.3 is 0 Å². The molecular weight excluding hydrogens is 322 g/mol. The maximum Gasteiger partial charge on any atom is 0.179 e. The molecule has 0 atom stereocenters. The fraction of sp³-hybridized carbons (Fsp3) is 0.222. The van der Waals surface area contributed by atoms with Crippen LogP contribution in [0, 0.1) is 10.5 Å². The lowest BCUT2D eigenvalue weighted by molar-refractivity contribution is 0.102. The van der Waals surface area contributed by atoms with E-state index in [4.69, 9.17) is 23.2 Å². The largest absolute Gasteiger partial charge is 0.293 e. The van der Waals surface area contributed by atoms with E-state index >= 15 is 0 Å². The standard InChI is InChI=1S/C9H7Cl2IO/c1-5-2-6(12)3-7(9(5)11)8(13)4-10/h2-3H,4H2,1H3. The second-order valence-corrected chi connectivity index (χ2v) is 4.53. The molecule has 0 unspecified atom stereocenters. The molecule has 0 N–H and O–H groups in total. The van der Waals surface area contributed by atoms with E-state index in [1.165, 1.54) is 0 Å². The monoisotopic (exact) mass is 328 g/mol. The fourth-order valence-electron chi connectivity index (χ4n) is 1.00. The minimum atomic E-state index is -0.131. The zero-order valence-corrected chi connectivity index (χ0v) is 10.6. The van der Waals surface area contributed by atoms with Gasteiger partial charge in [-0.25, -0.2) is 0 Å². The fourth-order valence-corrected chi connectivity index (χ4v) is 2.14. The van der Waals surface area contributed by atoms with Crippen molar-refractivity contribution in [1.82, 2.24) is 0 Å². The van der Waals surface area contributed by atoms with Crippen LogP contribution >= 0.6 is 45.8 Å². The number of carbonyl (C=O) groups excluding carboxylic acids is 1. The lowest BCUT2D eigenvalue weighted by Crippen LogP contribution is -2.02. The second kappa shape index (κ2) is 4.62. The smallest absolute Gasteiger partial charge is 0.179 e. The van der Waals surface area contributed by atoms with E-state index in [-0.39, 0.29) is 11.7 Å². The molecule has 0 heterocycles. The molecule has 0 saturated carbocycles. The predicted octanol–water partition coefficient (Wildman–Crippen LogP) is 3.67. The van der Waals surface area contributed by atoms with Crippen LogP contribution in [-0.4, -0.2) is 11.7 Å². The normalized spacial score (nSPS) is 10.2. The lowest BCUT2D eigenvalue weighted by atomic mass is 10.1. The first-order valence-electron chi connectivity index (χ1n) is 3.61. The molecule has 0 radical (unpaired) electrons. The first kappa shape index (κ1) is 11.3. The van der Waals surface area contributed by atoms with Gasteiger partial charge in [0.05, 0.1) is 10.9 Å². The maximum atomic E-state index is 11.3. The van der Waals surface area contributed by atoms with Gasteiger partial charge in [0, 0.05) is 9.13 Å². The first-order chi connectivity index (χ1) is 6.06. The summed E-state index contributed by atoms with van der Waals surface area (Å²) in [5.74, 6) is -0.160. The van der Waals surface area contributed by atoms with Crippen molar-refractivity contribution in [1.29, 1.82) is 0 Å². The van der Waals surface area contributed by atoms with Crippen LogP contribution in [0.4, 0.5) is 0 Å². The average Bonchev–Trinajstić information content (AvgIpc) is 2.10. The highest BCUT2D eigenvalue weighted by atomic mass is 127. The van der Waals surface area contributed by atoms with Crippen LogP contribution in [0.25, 0.3) is 0 Å². The van der Waals surface area contributed by atoms with Gasteiger partial charge in [-0.15, -0.1) is 11.6 Å². The van der Waals surface area contributed by atoms with Gasteiger partial charge in [-0.05, 0) is 47.2 Å². The molecule has 0 aliphatic carbocycles. The Morgan fingerprint density at radius 2 is 2.15 bits per heavy atom. The summed E-state index contributed by atoms with van der Waals surface area (Å²) < 4.78 is 0.993. The van der Waals surface area contributed by atoms with E-state index in [1.54, 1.807) is 6.07 Å². The summed E-state index contributed by atoms with van der Waals surface area (Å²) in [6, 6.07) is 3.68. The molecular formula is C9H7Cl2IO. The van der Waals surface area contributed by atoms with Crippen molar-refractivity contribution in [2.75, 3.05) is 5.88 Å². The molecule has 1 aromatic carbocycles. The van der Waals surface area contributed by atoms with Crippen molar-refractivity contribution < 1.29 is 4.79 Å². The quantitative estimate of drug-likeness (QED) is 0.460. The minimum Gasteiger partial charge on any atom is -0.293 e. The number of Topliss-reactive ketones (excluding diaryl/α,β-unsaturated/α-hetero) is 1. The van der Waals surface area contributed by atoms with Crippen molar-refractivity contribution >= 4 is 51.6 Å². The number of benzene rings is 1. The van der Waals surface area contributed by atoms with Crippen LogP contribution in [0.5, 0.6) is 0 Å². The van der Waals surface area contributed by atoms with Crippen LogP contribution in [-0.2, 0) is 0 Å². The van der Waals surface area contributed by atoms with Crippen LogP contribution in [0.15, 0.2) is 12.1 Å². The van der Waals surface area contributed by atoms with E-state index in [2.05, 4.69) is 22.6 Å². The summed E-state index contributed by atoms with van der Waals surface area (Å²) in [6.07, 6.45) is 0. The Hall–Kier alpha value is 0.200. The van der Waals surface area contributed by atoms with Gasteiger partial charge in [-0.3, -0.25) is 4.79 Å². The molecule has 13 heavy (non-hydrogen) atoms. The predicted molar refractivity (Wildman–Crippen MR) is 64.0 cm³/mol. The Kier molecular flexibility index (Phi) is 4.01. The van der Waals surface area contributed by atoms with Gasteiger partial charge in [0.1, 0.15) is 0 Å². The number of carbonyl (C=O) groups is 1. The SMILES string of the molecule is Cc1cc(I)cc(C(=O)CCl)c1Cl. The van der Waals surface area contributed by atoms with E-state index in [9.17, 15) is 4.79 Å². The lowest BCUT2D eigenvalue weighted by Gasteiger charge is -2.05. The Balaban J connectivity index is 3.28. The Bertz CT molecular complexity index is 350. The molecule has 0 bridgehead atoms. The van der Waals surface area contributed by atoms with Crippen molar-refractivity contribution in [3.8, 4) is 0 Å². The third-order valence-corrected chi connectivity index (χ3v) is 3.01. The molecule has 0 aliphatic heterocycles. The van der Waals surface area contributed by atoms with Crippen molar-refractivity contribution in [3.63, 3.8) is 0 Å². The first-order valence-corrected chi connectivity index (χ1v) is 5.60. The summed E-state index contributed by atoms with van der Waals surface area (Å²) in [5.41, 5.74) is 1.42. The van der Waals surface area contributed by atoms with Gasteiger partial charge in [0.2, 0.25) is 0 Å². The Labute approximate surface area is 101 Å². The molecule has 0 aromatic heterocycles. The summed E-state index contributed by atoms with van der Waals surface area (Å²) >= 11 is 13.6. The maximum absolute atomic E-state index is 11.3. The number of halogens is 3. The highest BCUT2D eigenvalue weighted by Crippen LogP contribution is 2.24. The molecule has 0 saturated heterocycles. The number of rotatable bonds is 2. The minimum absolute atomic E-state index is 0.0285. The summed E-state index contributed by atoms with van der Waals surface area (Å²) in [4.78, 5) is 11.3. The van der Waals surface area contributed by atoms with Crippen molar-refractivity contribution in [3.05, 3.63) is 31.9 Å². The summed E-state index contributed by atoms with van der Waals surface area (Å²) in [6.45, 7) is 1.87. The van der Waals surface area contributed by atoms with Gasteiger partial charge in [-0.1, -0.05) is 11.6 Å². The Morgan fingerprint density at radius 1 is 1.54 bits per heavy atom. The second-order valence-electron chi connectivity index (χ2n) is 2.64. The molecule has 1 nitrogen and oxygen atoms in total. The number of hydrogen-bond donors (Lipinski definition) is 0. The third-order valence-electron chi connectivity index (χ3n) is 1.64. The van der Waals surface area contributed by atoms with E-state index in [0.717, 1.165) is 9.13 Å². The molecule has 0 spiro atoms. The molecule has 0 amide bonds. The number of aryl methyl sites for hydroxylation is 1. The van der Waals surface area contributed by atoms with E-state index in [1.807, 2.05) is 13.0 Å². The number of alkyl halides is 1. The van der Waals surface area contributed by atoms with Crippen LogP contribution in [0.2, 0.25) is 5.02 Å². The van der Waals surface area contributed by atoms with E-state index in [0.29, 0.717) is 10.6 Å². The van der Waals surface area contributed by atoms with Crippen molar-refractivity contribution in [2.45, 2.75) is 6.92 Å². The Morgan fingerprint density at radius 3 is 2.69 bits per heavy atom.